The van der Waals surface area contributed by atoms with E-state index in [1.54, 1.807) is 10.4 Å². The van der Waals surface area contributed by atoms with E-state index in [0.29, 0.717) is 0 Å². The summed E-state index contributed by atoms with van der Waals surface area (Å²) >= 11 is 0. The molecule has 6 rings (SSSR count). The predicted molar refractivity (Wildman–Crippen MR) is 153 cm³/mol. The van der Waals surface area contributed by atoms with Crippen LogP contribution in [0.4, 0.5) is 0 Å². The van der Waals surface area contributed by atoms with Crippen molar-refractivity contribution in [3.8, 4) is 0 Å². The van der Waals surface area contributed by atoms with E-state index in [1.165, 1.54) is 83.5 Å². The molecule has 1 heteroatoms. The van der Waals surface area contributed by atoms with Crippen LogP contribution >= 0.6 is 0 Å². The molecule has 0 aliphatic heterocycles. The van der Waals surface area contributed by atoms with Crippen molar-refractivity contribution in [1.82, 2.24) is 0 Å². The summed E-state index contributed by atoms with van der Waals surface area (Å²) in [5.74, 6) is 4.92. The van der Waals surface area contributed by atoms with Crippen LogP contribution < -0.4 is 10.4 Å². The molecule has 186 valence electrons. The molecular formula is C34H46Si. The van der Waals surface area contributed by atoms with Gasteiger partial charge in [-0.05, 0) is 72.8 Å². The Kier molecular flexibility index (Phi) is 7.07. The van der Waals surface area contributed by atoms with E-state index in [2.05, 4.69) is 73.3 Å². The van der Waals surface area contributed by atoms with Crippen LogP contribution in [0.3, 0.4) is 0 Å². The van der Waals surface area contributed by atoms with Crippen LogP contribution in [0.1, 0.15) is 83.5 Å². The van der Waals surface area contributed by atoms with Gasteiger partial charge in [0.1, 0.15) is 8.07 Å². The molecule has 4 saturated carbocycles. The molecule has 4 aliphatic carbocycles. The van der Waals surface area contributed by atoms with Crippen LogP contribution in [0.2, 0.25) is 11.1 Å². The Morgan fingerprint density at radius 1 is 0.657 bits per heavy atom. The van der Waals surface area contributed by atoms with Crippen molar-refractivity contribution in [2.75, 3.05) is 0 Å². The van der Waals surface area contributed by atoms with Gasteiger partial charge in [0.25, 0.3) is 0 Å². The molecule has 0 aromatic heterocycles. The van der Waals surface area contributed by atoms with Gasteiger partial charge in [-0.2, -0.15) is 0 Å². The van der Waals surface area contributed by atoms with Gasteiger partial charge in [0, 0.05) is 0 Å². The van der Waals surface area contributed by atoms with Crippen LogP contribution in [0.5, 0.6) is 0 Å². The molecule has 6 unspecified atom stereocenters. The first kappa shape index (κ1) is 23.8. The van der Waals surface area contributed by atoms with E-state index in [4.69, 9.17) is 0 Å². The fourth-order valence-electron chi connectivity index (χ4n) is 10.2. The Morgan fingerprint density at radius 3 is 1.69 bits per heavy atom. The van der Waals surface area contributed by atoms with Gasteiger partial charge < -0.3 is 0 Å². The normalized spacial score (nSPS) is 34.8. The Hall–Kier alpha value is -1.60. The van der Waals surface area contributed by atoms with Gasteiger partial charge in [0.15, 0.2) is 0 Å². The molecule has 4 fully saturated rings. The second kappa shape index (κ2) is 10.4. The van der Waals surface area contributed by atoms with Gasteiger partial charge in [-0.1, -0.05) is 128 Å². The lowest BCUT2D eigenvalue weighted by atomic mass is 9.73. The first-order valence-corrected chi connectivity index (χ1v) is 17.2. The smallest absolute Gasteiger partial charge is 0.103 e. The summed E-state index contributed by atoms with van der Waals surface area (Å²) in [4.78, 5) is 0. The molecule has 4 aliphatic rings. The molecule has 0 N–H and O–H groups in total. The lowest BCUT2D eigenvalue weighted by molar-refractivity contribution is 0.184. The van der Waals surface area contributed by atoms with E-state index in [0.717, 1.165) is 40.7 Å². The molecule has 0 radical (unpaired) electrons. The summed E-state index contributed by atoms with van der Waals surface area (Å²) in [7, 11) is -2.00. The maximum absolute atomic E-state index is 4.05. The quantitative estimate of drug-likeness (QED) is 0.274. The van der Waals surface area contributed by atoms with E-state index >= 15 is 0 Å². The van der Waals surface area contributed by atoms with Crippen LogP contribution in [0, 0.1) is 29.6 Å². The number of benzene rings is 2. The van der Waals surface area contributed by atoms with E-state index in [-0.39, 0.29) is 0 Å². The second-order valence-corrected chi connectivity index (χ2v) is 17.0. The SMILES string of the molecule is C=CCCC1CCC([Si](c2ccccc2)(c2ccccc2)C2C3CCCCC3C3CCCCC32)C1. The lowest BCUT2D eigenvalue weighted by Gasteiger charge is -2.49. The molecule has 0 saturated heterocycles. The van der Waals surface area contributed by atoms with Gasteiger partial charge in [0.05, 0.1) is 0 Å². The monoisotopic (exact) mass is 482 g/mol. The summed E-state index contributed by atoms with van der Waals surface area (Å²) < 4.78 is 0. The van der Waals surface area contributed by atoms with Crippen LogP contribution in [0.15, 0.2) is 73.3 Å². The molecule has 0 spiro atoms. The average Bonchev–Trinajstić information content (AvgIpc) is 3.53. The van der Waals surface area contributed by atoms with Gasteiger partial charge in [0.2, 0.25) is 0 Å². The summed E-state index contributed by atoms with van der Waals surface area (Å²) in [6.07, 6.45) is 21.1. The Balaban J connectivity index is 1.53. The zero-order valence-corrected chi connectivity index (χ0v) is 22.8. The first-order valence-electron chi connectivity index (χ1n) is 15.1. The number of fused-ring (bicyclic) bond motifs is 3. The largest absolute Gasteiger partial charge is 0.124 e. The van der Waals surface area contributed by atoms with Crippen molar-refractivity contribution < 1.29 is 0 Å². The highest BCUT2D eigenvalue weighted by Gasteiger charge is 2.62. The highest BCUT2D eigenvalue weighted by atomic mass is 28.3. The molecule has 6 atom stereocenters. The van der Waals surface area contributed by atoms with Gasteiger partial charge in [-0.25, -0.2) is 0 Å². The van der Waals surface area contributed by atoms with Gasteiger partial charge >= 0.3 is 0 Å². The van der Waals surface area contributed by atoms with E-state index < -0.39 is 8.07 Å². The summed E-state index contributed by atoms with van der Waals surface area (Å²) in [6.45, 7) is 4.05. The minimum absolute atomic E-state index is 0.898. The van der Waals surface area contributed by atoms with Crippen molar-refractivity contribution in [2.45, 2.75) is 94.6 Å². The maximum atomic E-state index is 4.05. The fourth-order valence-corrected chi connectivity index (χ4v) is 17.7. The molecule has 0 bridgehead atoms. The minimum atomic E-state index is -2.00. The topological polar surface area (TPSA) is 0 Å². The molecule has 2 aromatic carbocycles. The molecule has 0 amide bonds. The van der Waals surface area contributed by atoms with E-state index in [9.17, 15) is 0 Å². The van der Waals surface area contributed by atoms with Crippen molar-refractivity contribution >= 4 is 18.4 Å². The van der Waals surface area contributed by atoms with E-state index in [1.807, 2.05) is 0 Å². The van der Waals surface area contributed by atoms with Gasteiger partial charge in [-0.15, -0.1) is 6.58 Å². The average molecular weight is 483 g/mol. The lowest BCUT2D eigenvalue weighted by Crippen LogP contribution is -2.66. The summed E-state index contributed by atoms with van der Waals surface area (Å²) in [5.41, 5.74) is 1.85. The third kappa shape index (κ3) is 4.10. The molecule has 35 heavy (non-hydrogen) atoms. The predicted octanol–water partition coefficient (Wildman–Crippen LogP) is 8.38. The molecule has 0 heterocycles. The van der Waals surface area contributed by atoms with Crippen molar-refractivity contribution in [2.24, 2.45) is 29.6 Å². The Labute approximate surface area is 215 Å². The fraction of sp³-hybridized carbons (Fsp3) is 0.588. The van der Waals surface area contributed by atoms with Gasteiger partial charge in [-0.3, -0.25) is 0 Å². The second-order valence-electron chi connectivity index (χ2n) is 12.6. The standard InChI is InChI=1S/C34H46Si/c1-2-3-14-26-23-24-29(25-26)35(27-15-6-4-7-16-27,28-17-8-5-9-18-28)34-32-21-12-10-19-30(32)31-20-11-13-22-33(31)34/h2,4-9,15-18,26,29-34H,1,3,10-14,19-25H2. The van der Waals surface area contributed by atoms with Crippen LogP contribution in [0.25, 0.3) is 0 Å². The Morgan fingerprint density at radius 2 is 1.17 bits per heavy atom. The number of hydrogen-bond acceptors (Lipinski definition) is 0. The Bertz CT molecular complexity index is 903. The highest BCUT2D eigenvalue weighted by Crippen LogP contribution is 2.65. The maximum Gasteiger partial charge on any atom is 0.124 e. The number of allylic oxidation sites excluding steroid dienone is 1. The van der Waals surface area contributed by atoms with Crippen molar-refractivity contribution in [1.29, 1.82) is 0 Å². The number of rotatable bonds is 7. The van der Waals surface area contributed by atoms with Crippen molar-refractivity contribution in [3.05, 3.63) is 73.3 Å². The molecule has 2 aromatic rings. The first-order chi connectivity index (χ1) is 17.3. The van der Waals surface area contributed by atoms with Crippen molar-refractivity contribution in [3.63, 3.8) is 0 Å². The highest BCUT2D eigenvalue weighted by molar-refractivity contribution is 7.04. The summed E-state index contributed by atoms with van der Waals surface area (Å²) in [6, 6.07) is 24.4. The zero-order chi connectivity index (χ0) is 23.7. The number of hydrogen-bond donors (Lipinski definition) is 0. The molecule has 0 nitrogen and oxygen atoms in total. The minimum Gasteiger partial charge on any atom is -0.103 e. The summed E-state index contributed by atoms with van der Waals surface area (Å²) in [5, 5.41) is 3.56. The van der Waals surface area contributed by atoms with Crippen LogP contribution in [-0.2, 0) is 0 Å². The third-order valence-electron chi connectivity index (χ3n) is 11.2. The van der Waals surface area contributed by atoms with Crippen LogP contribution in [-0.4, -0.2) is 8.07 Å². The molecular weight excluding hydrogens is 436 g/mol. The third-order valence-corrected chi connectivity index (χ3v) is 17.5. The zero-order valence-electron chi connectivity index (χ0n) is 21.8.